The van der Waals surface area contributed by atoms with Crippen LogP contribution >= 0.6 is 11.3 Å². The molecule has 0 spiro atoms. The van der Waals surface area contributed by atoms with Gasteiger partial charge in [-0.05, 0) is 48.7 Å². The normalized spacial score (nSPS) is 12.5. The third kappa shape index (κ3) is 3.65. The van der Waals surface area contributed by atoms with Crippen molar-refractivity contribution in [3.05, 3.63) is 46.5 Å². The van der Waals surface area contributed by atoms with Crippen molar-refractivity contribution in [2.45, 2.75) is 32.9 Å². The van der Waals surface area contributed by atoms with Gasteiger partial charge in [0.2, 0.25) is 0 Å². The second-order valence-electron chi connectivity index (χ2n) is 5.63. The van der Waals surface area contributed by atoms with Gasteiger partial charge in [0.15, 0.2) is 0 Å². The lowest BCUT2D eigenvalue weighted by Crippen LogP contribution is -2.21. The Morgan fingerprint density at radius 2 is 2.30 bits per heavy atom. The maximum atomic E-state index is 9.27. The van der Waals surface area contributed by atoms with Crippen molar-refractivity contribution in [1.29, 1.82) is 0 Å². The van der Waals surface area contributed by atoms with Gasteiger partial charge < -0.3 is 14.8 Å². The molecule has 2 N–H and O–H groups in total. The third-order valence-corrected chi connectivity index (χ3v) is 4.47. The van der Waals surface area contributed by atoms with Gasteiger partial charge in [-0.25, -0.2) is 4.68 Å². The predicted octanol–water partition coefficient (Wildman–Crippen LogP) is 3.55. The molecule has 0 radical (unpaired) electrons. The largest absolute Gasteiger partial charge is 0.469 e. The molecule has 3 aromatic heterocycles. The summed E-state index contributed by atoms with van der Waals surface area (Å²) in [5.41, 5.74) is 3.17. The first-order valence-electron chi connectivity index (χ1n) is 7.68. The molecule has 5 nitrogen and oxygen atoms in total. The second kappa shape index (κ2) is 7.02. The number of thiophene rings is 1. The number of aryl methyl sites for hydroxylation is 1. The number of furan rings is 1. The number of anilines is 1. The number of hydrogen-bond donors (Lipinski definition) is 2. The zero-order chi connectivity index (χ0) is 16.2. The minimum Gasteiger partial charge on any atom is -0.469 e. The molecule has 1 unspecified atom stereocenters. The molecular weight excluding hydrogens is 310 g/mol. The lowest BCUT2D eigenvalue weighted by atomic mass is 10.1. The molecule has 0 aliphatic rings. The molecule has 0 bridgehead atoms. The molecule has 122 valence electrons. The van der Waals surface area contributed by atoms with Crippen molar-refractivity contribution in [2.24, 2.45) is 0 Å². The number of aliphatic hydroxyl groups excluding tert-OH is 1. The number of aromatic nitrogens is 2. The van der Waals surface area contributed by atoms with Gasteiger partial charge in [0.05, 0.1) is 25.1 Å². The SMILES string of the molecule is Cc1occc1-c1cc(NC(C)Cc2ccsc2)n(CCO)n1. The Labute approximate surface area is 139 Å². The van der Waals surface area contributed by atoms with Crippen LogP contribution in [0.2, 0.25) is 0 Å². The van der Waals surface area contributed by atoms with Crippen molar-refractivity contribution in [3.8, 4) is 11.3 Å². The molecule has 0 aliphatic carbocycles. The Kier molecular flexibility index (Phi) is 4.83. The minimum atomic E-state index is 0.0546. The van der Waals surface area contributed by atoms with E-state index < -0.39 is 0 Å². The summed E-state index contributed by atoms with van der Waals surface area (Å²) in [6.07, 6.45) is 2.62. The van der Waals surface area contributed by atoms with Crippen LogP contribution in [0.5, 0.6) is 0 Å². The van der Waals surface area contributed by atoms with E-state index in [1.54, 1.807) is 17.6 Å². The van der Waals surface area contributed by atoms with Crippen LogP contribution in [-0.4, -0.2) is 27.5 Å². The first-order chi connectivity index (χ1) is 11.2. The van der Waals surface area contributed by atoms with Crippen molar-refractivity contribution < 1.29 is 9.52 Å². The van der Waals surface area contributed by atoms with E-state index in [1.807, 2.05) is 23.7 Å². The predicted molar refractivity (Wildman–Crippen MR) is 92.9 cm³/mol. The van der Waals surface area contributed by atoms with E-state index in [4.69, 9.17) is 4.42 Å². The fourth-order valence-electron chi connectivity index (χ4n) is 2.65. The number of nitrogens with one attached hydrogen (secondary N) is 1. The van der Waals surface area contributed by atoms with Crippen molar-refractivity contribution in [3.63, 3.8) is 0 Å². The zero-order valence-corrected chi connectivity index (χ0v) is 14.1. The molecule has 0 aromatic carbocycles. The van der Waals surface area contributed by atoms with Crippen LogP contribution in [0, 0.1) is 6.92 Å². The van der Waals surface area contributed by atoms with Crippen molar-refractivity contribution in [1.82, 2.24) is 9.78 Å². The average Bonchev–Trinajstić information content (AvgIpc) is 3.22. The van der Waals surface area contributed by atoms with Gasteiger partial charge in [0, 0.05) is 17.7 Å². The molecule has 3 heterocycles. The molecule has 0 saturated carbocycles. The van der Waals surface area contributed by atoms with E-state index in [1.165, 1.54) is 5.56 Å². The van der Waals surface area contributed by atoms with E-state index in [9.17, 15) is 5.11 Å². The first-order valence-corrected chi connectivity index (χ1v) is 8.62. The number of hydrogen-bond acceptors (Lipinski definition) is 5. The van der Waals surface area contributed by atoms with Gasteiger partial charge in [0.25, 0.3) is 0 Å². The quantitative estimate of drug-likeness (QED) is 0.695. The summed E-state index contributed by atoms with van der Waals surface area (Å²) >= 11 is 1.71. The summed E-state index contributed by atoms with van der Waals surface area (Å²) in [7, 11) is 0. The van der Waals surface area contributed by atoms with E-state index >= 15 is 0 Å². The number of aliphatic hydroxyl groups is 1. The molecule has 0 saturated heterocycles. The molecule has 3 rings (SSSR count). The van der Waals surface area contributed by atoms with Crippen LogP contribution in [-0.2, 0) is 13.0 Å². The van der Waals surface area contributed by atoms with Crippen LogP contribution in [0.1, 0.15) is 18.2 Å². The maximum Gasteiger partial charge on any atom is 0.125 e. The molecule has 3 aromatic rings. The highest BCUT2D eigenvalue weighted by Crippen LogP contribution is 2.26. The molecule has 0 aliphatic heterocycles. The molecule has 1 atom stereocenters. The van der Waals surface area contributed by atoms with E-state index in [2.05, 4.69) is 34.2 Å². The van der Waals surface area contributed by atoms with Gasteiger partial charge >= 0.3 is 0 Å². The molecule has 0 fully saturated rings. The topological polar surface area (TPSA) is 63.2 Å². The molecule has 23 heavy (non-hydrogen) atoms. The van der Waals surface area contributed by atoms with Crippen LogP contribution in [0.25, 0.3) is 11.3 Å². The number of rotatable bonds is 7. The minimum absolute atomic E-state index is 0.0546. The Hall–Kier alpha value is -2.05. The average molecular weight is 331 g/mol. The number of nitrogens with zero attached hydrogens (tertiary/aromatic N) is 2. The van der Waals surface area contributed by atoms with Crippen molar-refractivity contribution >= 4 is 17.2 Å². The standard InChI is InChI=1S/C17H21N3O2S/c1-12(9-14-4-8-23-11-14)18-17-10-16(19-20(17)5-6-21)15-3-7-22-13(15)2/h3-4,7-8,10-12,18,21H,5-6,9H2,1-2H3. The summed E-state index contributed by atoms with van der Waals surface area (Å²) in [5.74, 6) is 1.76. The van der Waals surface area contributed by atoms with Crippen LogP contribution in [0.15, 0.2) is 39.6 Å². The van der Waals surface area contributed by atoms with E-state index in [0.29, 0.717) is 6.54 Å². The summed E-state index contributed by atoms with van der Waals surface area (Å²) in [6.45, 7) is 4.59. The van der Waals surface area contributed by atoms with Crippen LogP contribution in [0.3, 0.4) is 0 Å². The van der Waals surface area contributed by atoms with Gasteiger partial charge in [-0.1, -0.05) is 0 Å². The summed E-state index contributed by atoms with van der Waals surface area (Å²) in [4.78, 5) is 0. The van der Waals surface area contributed by atoms with Gasteiger partial charge in [-0.2, -0.15) is 16.4 Å². The maximum absolute atomic E-state index is 9.27. The summed E-state index contributed by atoms with van der Waals surface area (Å²) in [5, 5.41) is 21.6. The fourth-order valence-corrected chi connectivity index (χ4v) is 3.33. The van der Waals surface area contributed by atoms with Gasteiger partial charge in [0.1, 0.15) is 11.6 Å². The third-order valence-electron chi connectivity index (χ3n) is 3.74. The zero-order valence-electron chi connectivity index (χ0n) is 13.3. The van der Waals surface area contributed by atoms with Gasteiger partial charge in [-0.15, -0.1) is 0 Å². The first kappa shape index (κ1) is 15.8. The van der Waals surface area contributed by atoms with Crippen molar-refractivity contribution in [2.75, 3.05) is 11.9 Å². The highest BCUT2D eigenvalue weighted by molar-refractivity contribution is 7.07. The summed E-state index contributed by atoms with van der Waals surface area (Å²) in [6, 6.07) is 6.35. The van der Waals surface area contributed by atoms with Crippen LogP contribution in [0.4, 0.5) is 5.82 Å². The lowest BCUT2D eigenvalue weighted by Gasteiger charge is -2.15. The summed E-state index contributed by atoms with van der Waals surface area (Å²) < 4.78 is 7.17. The Morgan fingerprint density at radius 3 is 2.96 bits per heavy atom. The second-order valence-corrected chi connectivity index (χ2v) is 6.41. The van der Waals surface area contributed by atoms with Crippen LogP contribution < -0.4 is 5.32 Å². The fraction of sp³-hybridized carbons (Fsp3) is 0.353. The molecule has 0 amide bonds. The molecule has 6 heteroatoms. The highest BCUT2D eigenvalue weighted by Gasteiger charge is 2.14. The molecular formula is C17H21N3O2S. The Bertz CT molecular complexity index is 746. The Balaban J connectivity index is 1.79. The van der Waals surface area contributed by atoms with Gasteiger partial charge in [-0.3, -0.25) is 0 Å². The van der Waals surface area contributed by atoms with E-state index in [-0.39, 0.29) is 12.6 Å². The highest BCUT2D eigenvalue weighted by atomic mass is 32.1. The lowest BCUT2D eigenvalue weighted by molar-refractivity contribution is 0.270. The Morgan fingerprint density at radius 1 is 1.43 bits per heavy atom. The monoisotopic (exact) mass is 331 g/mol. The van der Waals surface area contributed by atoms with E-state index in [0.717, 1.165) is 29.3 Å². The smallest absolute Gasteiger partial charge is 0.125 e.